The Morgan fingerprint density at radius 1 is 1.18 bits per heavy atom. The van der Waals surface area contributed by atoms with Crippen LogP contribution < -0.4 is 4.74 Å². The van der Waals surface area contributed by atoms with Gasteiger partial charge in [-0.15, -0.1) is 0 Å². The molecule has 1 fully saturated rings. The van der Waals surface area contributed by atoms with Gasteiger partial charge in [0, 0.05) is 69.8 Å². The van der Waals surface area contributed by atoms with Crippen molar-refractivity contribution in [2.45, 2.75) is 59.6 Å². The van der Waals surface area contributed by atoms with Crippen molar-refractivity contribution in [1.82, 2.24) is 9.80 Å². The van der Waals surface area contributed by atoms with E-state index in [-0.39, 0.29) is 36.5 Å². The molecular weight excluding hydrogens is 436 g/mol. The van der Waals surface area contributed by atoms with Gasteiger partial charge in [-0.1, -0.05) is 6.07 Å². The molecule has 192 valence electrons. The lowest BCUT2D eigenvalue weighted by Gasteiger charge is -2.31. The Balaban J connectivity index is 2.13. The van der Waals surface area contributed by atoms with E-state index in [4.69, 9.17) is 14.2 Å². The van der Waals surface area contributed by atoms with Crippen molar-refractivity contribution in [3.8, 4) is 5.75 Å². The Hall–Kier alpha value is -2.32. The molecule has 0 aromatic heterocycles. The van der Waals surface area contributed by atoms with Crippen molar-refractivity contribution < 1.29 is 28.9 Å². The lowest BCUT2D eigenvalue weighted by Crippen LogP contribution is -2.42. The molecule has 2 atom stereocenters. The van der Waals surface area contributed by atoms with E-state index >= 15 is 0 Å². The van der Waals surface area contributed by atoms with E-state index in [0.717, 1.165) is 12.0 Å². The fourth-order valence-electron chi connectivity index (χ4n) is 4.05. The monoisotopic (exact) mass is 478 g/mol. The highest BCUT2D eigenvalue weighted by Gasteiger charge is 2.38. The predicted octanol–water partition coefficient (Wildman–Crippen LogP) is 3.74. The number of ether oxygens (including phenoxy) is 3. The van der Waals surface area contributed by atoms with Crippen molar-refractivity contribution in [2.75, 3.05) is 46.6 Å². The number of methoxy groups -OCH3 is 1. The molecule has 1 N–H and O–H groups in total. The molecular formula is C26H42N2O6. The summed E-state index contributed by atoms with van der Waals surface area (Å²) in [7, 11) is 1.66. The molecule has 1 aromatic rings. The van der Waals surface area contributed by atoms with E-state index in [0.29, 0.717) is 44.2 Å². The second kappa shape index (κ2) is 12.4. The van der Waals surface area contributed by atoms with E-state index in [2.05, 4.69) is 0 Å². The van der Waals surface area contributed by atoms with Crippen LogP contribution in [0.15, 0.2) is 18.2 Å². The molecule has 1 aromatic carbocycles. The Morgan fingerprint density at radius 2 is 1.85 bits per heavy atom. The topological polar surface area (TPSA) is 88.5 Å². The standard InChI is InChI=1S/C26H42N2O6/c1-18(2)28(16-21-14-27(15-22(21)17-29)25(31)34-26(4,5)6)24(30)20-10-9-19(3)23(13-20)33-12-8-11-32-7/h9-10,13,18,21-22,29H,8,11-12,14-17H2,1-7H3/t21-,22-/m0/s1. The number of benzene rings is 1. The van der Waals surface area contributed by atoms with E-state index in [1.165, 1.54) is 0 Å². The molecule has 0 aliphatic carbocycles. The van der Waals surface area contributed by atoms with Gasteiger partial charge in [-0.05, 0) is 59.2 Å². The number of hydrogen-bond donors (Lipinski definition) is 1. The minimum atomic E-state index is -0.585. The van der Waals surface area contributed by atoms with Gasteiger partial charge in [-0.25, -0.2) is 4.79 Å². The molecule has 8 nitrogen and oxygen atoms in total. The summed E-state index contributed by atoms with van der Waals surface area (Å²) >= 11 is 0. The van der Waals surface area contributed by atoms with Crippen LogP contribution >= 0.6 is 0 Å². The summed E-state index contributed by atoms with van der Waals surface area (Å²) in [6.07, 6.45) is 0.384. The van der Waals surface area contributed by atoms with E-state index in [1.54, 1.807) is 18.1 Å². The molecule has 0 unspecified atom stereocenters. The van der Waals surface area contributed by atoms with Crippen LogP contribution in [0.5, 0.6) is 5.75 Å². The number of likely N-dealkylation sites (tertiary alicyclic amines) is 1. The zero-order valence-electron chi connectivity index (χ0n) is 21.8. The number of carbonyl (C=O) groups excluding carboxylic acids is 2. The molecule has 0 saturated carbocycles. The average Bonchev–Trinajstić information content (AvgIpc) is 3.17. The SMILES string of the molecule is COCCCOc1cc(C(=O)N(C[C@@H]2CN(C(=O)OC(C)(C)C)C[C@H]2CO)C(C)C)ccc1C. The predicted molar refractivity (Wildman–Crippen MR) is 131 cm³/mol. The molecule has 8 heteroatoms. The van der Waals surface area contributed by atoms with Crippen molar-refractivity contribution >= 4 is 12.0 Å². The summed E-state index contributed by atoms with van der Waals surface area (Å²) in [4.78, 5) is 29.5. The highest BCUT2D eigenvalue weighted by molar-refractivity contribution is 5.95. The van der Waals surface area contributed by atoms with Gasteiger partial charge in [0.1, 0.15) is 11.4 Å². The van der Waals surface area contributed by atoms with E-state index in [9.17, 15) is 14.7 Å². The molecule has 0 bridgehead atoms. The van der Waals surface area contributed by atoms with Gasteiger partial charge in [-0.2, -0.15) is 0 Å². The molecule has 1 heterocycles. The maximum Gasteiger partial charge on any atom is 0.410 e. The summed E-state index contributed by atoms with van der Waals surface area (Å²) < 4.78 is 16.4. The first-order chi connectivity index (χ1) is 16.0. The van der Waals surface area contributed by atoms with Gasteiger partial charge < -0.3 is 29.1 Å². The second-order valence-corrected chi connectivity index (χ2v) is 10.3. The van der Waals surface area contributed by atoms with Gasteiger partial charge in [-0.3, -0.25) is 4.79 Å². The number of aliphatic hydroxyl groups is 1. The van der Waals surface area contributed by atoms with Crippen LogP contribution in [0.3, 0.4) is 0 Å². The van der Waals surface area contributed by atoms with Gasteiger partial charge in [0.05, 0.1) is 6.61 Å². The Bertz CT molecular complexity index is 820. The zero-order valence-corrected chi connectivity index (χ0v) is 21.8. The van der Waals surface area contributed by atoms with Crippen LogP contribution in [-0.4, -0.2) is 85.1 Å². The largest absolute Gasteiger partial charge is 0.493 e. The lowest BCUT2D eigenvalue weighted by atomic mass is 9.95. The molecule has 2 amide bonds. The van der Waals surface area contributed by atoms with Gasteiger partial charge in [0.15, 0.2) is 0 Å². The third-order valence-corrected chi connectivity index (χ3v) is 5.96. The van der Waals surface area contributed by atoms with Crippen LogP contribution in [0.25, 0.3) is 0 Å². The second-order valence-electron chi connectivity index (χ2n) is 10.3. The third-order valence-electron chi connectivity index (χ3n) is 5.96. The minimum Gasteiger partial charge on any atom is -0.493 e. The summed E-state index contributed by atoms with van der Waals surface area (Å²) in [5, 5.41) is 9.96. The van der Waals surface area contributed by atoms with Crippen molar-refractivity contribution in [2.24, 2.45) is 11.8 Å². The smallest absolute Gasteiger partial charge is 0.410 e. The molecule has 1 saturated heterocycles. The first-order valence-corrected chi connectivity index (χ1v) is 12.1. The van der Waals surface area contributed by atoms with Crippen LogP contribution in [0.1, 0.15) is 57.0 Å². The number of aryl methyl sites for hydroxylation is 1. The quantitative estimate of drug-likeness (QED) is 0.516. The number of aliphatic hydroxyl groups excluding tert-OH is 1. The fourth-order valence-corrected chi connectivity index (χ4v) is 4.05. The molecule has 1 aliphatic heterocycles. The maximum atomic E-state index is 13.5. The van der Waals surface area contributed by atoms with E-state index in [1.807, 2.05) is 58.6 Å². The Morgan fingerprint density at radius 3 is 2.44 bits per heavy atom. The highest BCUT2D eigenvalue weighted by Crippen LogP contribution is 2.28. The van der Waals surface area contributed by atoms with Crippen molar-refractivity contribution in [3.63, 3.8) is 0 Å². The fraction of sp³-hybridized carbons (Fsp3) is 0.692. The normalized spacial score (nSPS) is 18.3. The molecule has 1 aliphatic rings. The molecule has 0 spiro atoms. The highest BCUT2D eigenvalue weighted by atomic mass is 16.6. The van der Waals surface area contributed by atoms with Crippen LogP contribution in [0.2, 0.25) is 0 Å². The van der Waals surface area contributed by atoms with Crippen molar-refractivity contribution in [1.29, 1.82) is 0 Å². The van der Waals surface area contributed by atoms with Crippen LogP contribution in [-0.2, 0) is 9.47 Å². The third kappa shape index (κ3) is 7.87. The van der Waals surface area contributed by atoms with Gasteiger partial charge in [0.2, 0.25) is 0 Å². The number of nitrogens with zero attached hydrogens (tertiary/aromatic N) is 2. The summed E-state index contributed by atoms with van der Waals surface area (Å²) in [6.45, 7) is 13.8. The number of amides is 2. The first kappa shape index (κ1) is 27.9. The summed E-state index contributed by atoms with van der Waals surface area (Å²) in [6, 6.07) is 5.47. The van der Waals surface area contributed by atoms with E-state index < -0.39 is 5.60 Å². The van der Waals surface area contributed by atoms with Gasteiger partial charge in [0.25, 0.3) is 5.91 Å². The Kier molecular flexibility index (Phi) is 10.2. The first-order valence-electron chi connectivity index (χ1n) is 12.1. The maximum absolute atomic E-state index is 13.5. The summed E-state index contributed by atoms with van der Waals surface area (Å²) in [5.74, 6) is 0.443. The number of carbonyl (C=O) groups is 2. The van der Waals surface area contributed by atoms with Crippen molar-refractivity contribution in [3.05, 3.63) is 29.3 Å². The van der Waals surface area contributed by atoms with Gasteiger partial charge >= 0.3 is 6.09 Å². The minimum absolute atomic E-state index is 0.0425. The number of rotatable bonds is 10. The van der Waals surface area contributed by atoms with Crippen LogP contribution in [0.4, 0.5) is 4.79 Å². The van der Waals surface area contributed by atoms with Crippen LogP contribution in [0, 0.1) is 18.8 Å². The number of hydrogen-bond acceptors (Lipinski definition) is 6. The average molecular weight is 479 g/mol. The molecule has 34 heavy (non-hydrogen) atoms. The molecule has 2 rings (SSSR count). The zero-order chi connectivity index (χ0) is 25.5. The Labute approximate surface area is 204 Å². The molecule has 0 radical (unpaired) electrons. The summed E-state index contributed by atoms with van der Waals surface area (Å²) in [5.41, 5.74) is 0.941. The lowest BCUT2D eigenvalue weighted by molar-refractivity contribution is 0.0279.